The summed E-state index contributed by atoms with van der Waals surface area (Å²) in [5.74, 6) is -0.510. The molecule has 0 aliphatic carbocycles. The summed E-state index contributed by atoms with van der Waals surface area (Å²) in [6.45, 7) is 0. The Morgan fingerprint density at radius 2 is 1.93 bits per heavy atom. The molecule has 0 saturated heterocycles. The minimum Gasteiger partial charge on any atom is -0.374 e. The number of carbonyl (C=O) groups excluding carboxylic acids is 1. The Morgan fingerprint density at radius 3 is 2.68 bits per heavy atom. The minimum atomic E-state index is -0.510. The van der Waals surface area contributed by atoms with Crippen LogP contribution in [0.25, 0.3) is 16.6 Å². The molecule has 0 saturated carbocycles. The van der Waals surface area contributed by atoms with E-state index in [1.165, 1.54) is 6.20 Å². The van der Waals surface area contributed by atoms with Gasteiger partial charge in [0, 0.05) is 28.6 Å². The molecule has 0 bridgehead atoms. The number of aromatic nitrogens is 2. The molecule has 0 fully saturated rings. The van der Waals surface area contributed by atoms with E-state index < -0.39 is 5.91 Å². The van der Waals surface area contributed by atoms with Crippen LogP contribution in [0.5, 0.6) is 0 Å². The second-order valence-electron chi connectivity index (χ2n) is 6.72. The Bertz CT molecular complexity index is 1280. The number of para-hydroxylation sites is 1. The van der Waals surface area contributed by atoms with Crippen LogP contribution in [-0.4, -0.2) is 15.5 Å². The molecule has 28 heavy (non-hydrogen) atoms. The van der Waals surface area contributed by atoms with Crippen LogP contribution in [0.4, 0.5) is 5.69 Å². The van der Waals surface area contributed by atoms with E-state index in [0.717, 1.165) is 33.5 Å². The predicted octanol–water partition coefficient (Wildman–Crippen LogP) is 3.49. The highest BCUT2D eigenvalue weighted by Gasteiger charge is 2.28. The fraction of sp³-hybridized carbons (Fsp3) is 0.0455. The quantitative estimate of drug-likeness (QED) is 0.568. The highest BCUT2D eigenvalue weighted by atomic mass is 16.1. The van der Waals surface area contributed by atoms with Gasteiger partial charge in [-0.25, -0.2) is 4.52 Å². The molecule has 6 nitrogen and oxygen atoms in total. The number of hydrogen-bond acceptors (Lipinski definition) is 4. The summed E-state index contributed by atoms with van der Waals surface area (Å²) >= 11 is 0. The van der Waals surface area contributed by atoms with Crippen molar-refractivity contribution in [3.8, 4) is 17.2 Å². The highest BCUT2D eigenvalue weighted by molar-refractivity contribution is 6.06. The van der Waals surface area contributed by atoms with Crippen LogP contribution in [0, 0.1) is 11.3 Å². The molecule has 1 unspecified atom stereocenters. The number of benzene rings is 2. The van der Waals surface area contributed by atoms with Crippen molar-refractivity contribution in [3.63, 3.8) is 0 Å². The molecule has 0 radical (unpaired) electrons. The first-order chi connectivity index (χ1) is 13.7. The Hall–Kier alpha value is -4.11. The van der Waals surface area contributed by atoms with E-state index in [1.807, 2.05) is 48.7 Å². The van der Waals surface area contributed by atoms with Gasteiger partial charge >= 0.3 is 0 Å². The average molecular weight is 365 g/mol. The topological polar surface area (TPSA) is 96.2 Å². The number of primary amides is 1. The van der Waals surface area contributed by atoms with E-state index in [1.54, 1.807) is 16.6 Å². The van der Waals surface area contributed by atoms with Gasteiger partial charge in [0.1, 0.15) is 0 Å². The number of anilines is 1. The zero-order chi connectivity index (χ0) is 19.3. The van der Waals surface area contributed by atoms with E-state index in [4.69, 9.17) is 11.0 Å². The van der Waals surface area contributed by atoms with Crippen LogP contribution in [0.1, 0.15) is 33.1 Å². The zero-order valence-corrected chi connectivity index (χ0v) is 14.8. The normalized spacial score (nSPS) is 14.6. The van der Waals surface area contributed by atoms with Gasteiger partial charge in [0.05, 0.1) is 35.0 Å². The van der Waals surface area contributed by atoms with Crippen LogP contribution in [0.3, 0.4) is 0 Å². The van der Waals surface area contributed by atoms with Gasteiger partial charge in [-0.1, -0.05) is 30.3 Å². The molecule has 3 heterocycles. The molecule has 1 amide bonds. The number of rotatable bonds is 2. The predicted molar refractivity (Wildman–Crippen MR) is 106 cm³/mol. The van der Waals surface area contributed by atoms with Gasteiger partial charge in [-0.15, -0.1) is 0 Å². The molecule has 2 aromatic heterocycles. The Labute approximate surface area is 160 Å². The van der Waals surface area contributed by atoms with Crippen LogP contribution < -0.4 is 11.1 Å². The van der Waals surface area contributed by atoms with Crippen LogP contribution >= 0.6 is 0 Å². The van der Waals surface area contributed by atoms with Crippen molar-refractivity contribution < 1.29 is 4.79 Å². The molecule has 1 aliphatic rings. The van der Waals surface area contributed by atoms with Crippen molar-refractivity contribution in [2.75, 3.05) is 5.32 Å². The lowest BCUT2D eigenvalue weighted by Crippen LogP contribution is -2.14. The van der Waals surface area contributed by atoms with Crippen molar-refractivity contribution in [1.82, 2.24) is 9.61 Å². The van der Waals surface area contributed by atoms with E-state index in [0.29, 0.717) is 11.1 Å². The van der Waals surface area contributed by atoms with E-state index >= 15 is 0 Å². The molecular weight excluding hydrogens is 350 g/mol. The van der Waals surface area contributed by atoms with Crippen molar-refractivity contribution >= 4 is 17.1 Å². The fourth-order valence-corrected chi connectivity index (χ4v) is 3.87. The molecule has 1 atom stereocenters. The number of amides is 1. The molecule has 0 spiro atoms. The third-order valence-corrected chi connectivity index (χ3v) is 5.16. The third-order valence-electron chi connectivity index (χ3n) is 5.16. The standard InChI is InChI=1S/C22H15N5O/c23-11-13-5-7-14(8-6-13)20-16-9-10-27-21(16)19(17(12-25-27)22(24)28)15-3-1-2-4-18(15)26-20/h1-10,12,20,26H,(H2,24,28). The Morgan fingerprint density at radius 1 is 1.14 bits per heavy atom. The minimum absolute atomic E-state index is 0.162. The lowest BCUT2D eigenvalue weighted by molar-refractivity contribution is 0.100. The molecule has 1 aliphatic heterocycles. The number of nitrogens with zero attached hydrogens (tertiary/aromatic N) is 3. The smallest absolute Gasteiger partial charge is 0.251 e. The maximum absolute atomic E-state index is 12.1. The van der Waals surface area contributed by atoms with E-state index in [9.17, 15) is 4.79 Å². The largest absolute Gasteiger partial charge is 0.374 e. The summed E-state index contributed by atoms with van der Waals surface area (Å²) in [6.07, 6.45) is 3.40. The monoisotopic (exact) mass is 365 g/mol. The lowest BCUT2D eigenvalue weighted by Gasteiger charge is -2.19. The molecular formula is C22H15N5O. The second-order valence-corrected chi connectivity index (χ2v) is 6.72. The van der Waals surface area contributed by atoms with Crippen molar-refractivity contribution in [1.29, 1.82) is 5.26 Å². The zero-order valence-electron chi connectivity index (χ0n) is 14.8. The van der Waals surface area contributed by atoms with E-state index in [2.05, 4.69) is 16.5 Å². The molecule has 3 N–H and O–H groups in total. The number of fused-ring (bicyclic) bond motifs is 2. The molecule has 134 valence electrons. The summed E-state index contributed by atoms with van der Waals surface area (Å²) in [6, 6.07) is 19.3. The van der Waals surface area contributed by atoms with Gasteiger partial charge in [0.25, 0.3) is 5.91 Å². The molecule has 6 heteroatoms. The number of nitriles is 1. The number of nitrogens with two attached hydrogens (primary N) is 1. The molecule has 4 aromatic rings. The van der Waals surface area contributed by atoms with Crippen LogP contribution in [0.15, 0.2) is 67.0 Å². The molecule has 2 aromatic carbocycles. The first kappa shape index (κ1) is 16.1. The maximum Gasteiger partial charge on any atom is 0.251 e. The van der Waals surface area contributed by atoms with Gasteiger partial charge in [0.2, 0.25) is 0 Å². The number of carbonyl (C=O) groups is 1. The summed E-state index contributed by atoms with van der Waals surface area (Å²) in [5.41, 5.74) is 12.1. The summed E-state index contributed by atoms with van der Waals surface area (Å²) in [4.78, 5) is 12.1. The van der Waals surface area contributed by atoms with Gasteiger partial charge in [-0.05, 0) is 29.8 Å². The van der Waals surface area contributed by atoms with Gasteiger partial charge in [0.15, 0.2) is 0 Å². The lowest BCUT2D eigenvalue weighted by atomic mass is 9.96. The van der Waals surface area contributed by atoms with Crippen molar-refractivity contribution in [3.05, 3.63) is 89.2 Å². The SMILES string of the molecule is N#Cc1ccc(C2Nc3ccccc3-c3c(C(N)=O)cnn4ccc2c34)cc1. The summed E-state index contributed by atoms with van der Waals surface area (Å²) in [5, 5.41) is 17.1. The van der Waals surface area contributed by atoms with Gasteiger partial charge in [-0.2, -0.15) is 10.4 Å². The average Bonchev–Trinajstić information content (AvgIpc) is 3.09. The van der Waals surface area contributed by atoms with Crippen molar-refractivity contribution in [2.45, 2.75) is 6.04 Å². The number of nitrogens with one attached hydrogen (secondary N) is 1. The maximum atomic E-state index is 12.1. The van der Waals surface area contributed by atoms with Crippen molar-refractivity contribution in [2.24, 2.45) is 5.73 Å². The van der Waals surface area contributed by atoms with E-state index in [-0.39, 0.29) is 6.04 Å². The molecule has 5 rings (SSSR count). The highest BCUT2D eigenvalue weighted by Crippen LogP contribution is 2.43. The Kier molecular flexibility index (Phi) is 3.43. The first-order valence-electron chi connectivity index (χ1n) is 8.83. The summed E-state index contributed by atoms with van der Waals surface area (Å²) < 4.78 is 1.78. The third kappa shape index (κ3) is 2.27. The first-order valence-corrected chi connectivity index (χ1v) is 8.83. The fourth-order valence-electron chi connectivity index (χ4n) is 3.87. The van der Waals surface area contributed by atoms with Crippen LogP contribution in [0.2, 0.25) is 0 Å². The Balaban J connectivity index is 1.85. The number of hydrogen-bond donors (Lipinski definition) is 2. The van der Waals surface area contributed by atoms with Gasteiger partial charge in [-0.3, -0.25) is 4.79 Å². The summed E-state index contributed by atoms with van der Waals surface area (Å²) in [7, 11) is 0. The van der Waals surface area contributed by atoms with Crippen LogP contribution in [-0.2, 0) is 0 Å². The second kappa shape index (κ2) is 5.96. The van der Waals surface area contributed by atoms with Gasteiger partial charge < -0.3 is 11.1 Å².